The fourth-order valence-electron chi connectivity index (χ4n) is 6.71. The third kappa shape index (κ3) is 10.3. The van der Waals surface area contributed by atoms with Crippen LogP contribution in [0.15, 0.2) is 97.1 Å². The van der Waals surface area contributed by atoms with Crippen molar-refractivity contribution in [2.24, 2.45) is 5.92 Å². The molecule has 0 aromatic heterocycles. The van der Waals surface area contributed by atoms with Crippen LogP contribution in [-0.2, 0) is 12.8 Å². The van der Waals surface area contributed by atoms with Crippen LogP contribution < -0.4 is 11.5 Å². The van der Waals surface area contributed by atoms with Gasteiger partial charge in [-0.15, -0.1) is 0 Å². The minimum absolute atomic E-state index is 0.432. The van der Waals surface area contributed by atoms with Gasteiger partial charge in [0, 0.05) is 23.2 Å². The van der Waals surface area contributed by atoms with Crippen molar-refractivity contribution < 1.29 is 0 Å². The number of hydrogen-bond donors (Lipinski definition) is 2. The molecule has 0 saturated carbocycles. The zero-order valence-electron chi connectivity index (χ0n) is 27.6. The average molecular weight is 589 g/mol. The van der Waals surface area contributed by atoms with E-state index in [1.54, 1.807) is 0 Å². The molecule has 0 saturated heterocycles. The number of hydrogen-bond acceptors (Lipinski definition) is 2. The highest BCUT2D eigenvalue weighted by molar-refractivity contribution is 5.44. The molecule has 0 spiro atoms. The Kier molecular flexibility index (Phi) is 13.4. The van der Waals surface area contributed by atoms with Crippen molar-refractivity contribution in [3.8, 4) is 0 Å². The van der Waals surface area contributed by atoms with Gasteiger partial charge in [-0.05, 0) is 89.2 Å². The number of benzene rings is 4. The van der Waals surface area contributed by atoms with Gasteiger partial charge in [0.1, 0.15) is 0 Å². The van der Waals surface area contributed by atoms with Crippen LogP contribution in [0.25, 0.3) is 0 Å². The van der Waals surface area contributed by atoms with Crippen molar-refractivity contribution in [3.63, 3.8) is 0 Å². The van der Waals surface area contributed by atoms with Crippen molar-refractivity contribution >= 4 is 11.4 Å². The van der Waals surface area contributed by atoms with E-state index in [0.717, 1.165) is 24.2 Å². The molecule has 4 aromatic carbocycles. The van der Waals surface area contributed by atoms with Crippen LogP contribution in [0, 0.1) is 5.92 Å². The molecule has 0 amide bonds. The van der Waals surface area contributed by atoms with Gasteiger partial charge >= 0.3 is 0 Å². The molecule has 2 nitrogen and oxygen atoms in total. The van der Waals surface area contributed by atoms with Gasteiger partial charge in [-0.3, -0.25) is 0 Å². The van der Waals surface area contributed by atoms with Crippen LogP contribution in [0.2, 0.25) is 0 Å². The Morgan fingerprint density at radius 2 is 0.750 bits per heavy atom. The number of rotatable bonds is 18. The zero-order chi connectivity index (χ0) is 31.1. The second kappa shape index (κ2) is 17.7. The second-order valence-electron chi connectivity index (χ2n) is 13.1. The van der Waals surface area contributed by atoms with Gasteiger partial charge in [-0.1, -0.05) is 145 Å². The molecule has 0 fully saturated rings. The Morgan fingerprint density at radius 1 is 0.432 bits per heavy atom. The first-order chi connectivity index (χ1) is 21.5. The highest BCUT2D eigenvalue weighted by atomic mass is 14.5. The van der Waals surface area contributed by atoms with Crippen LogP contribution in [0.1, 0.15) is 130 Å². The summed E-state index contributed by atoms with van der Waals surface area (Å²) in [7, 11) is 0. The van der Waals surface area contributed by atoms with Gasteiger partial charge in [0.15, 0.2) is 0 Å². The molecular weight excluding hydrogens is 532 g/mol. The Hall–Kier alpha value is -3.52. The molecule has 0 bridgehead atoms. The van der Waals surface area contributed by atoms with E-state index in [1.165, 1.54) is 97.6 Å². The Labute approximate surface area is 268 Å². The number of nitrogen functional groups attached to an aromatic ring is 2. The molecule has 2 unspecified atom stereocenters. The molecule has 4 rings (SSSR count). The van der Waals surface area contributed by atoms with Crippen LogP contribution >= 0.6 is 0 Å². The van der Waals surface area contributed by atoms with E-state index in [1.807, 2.05) is 24.3 Å². The van der Waals surface area contributed by atoms with Gasteiger partial charge in [-0.25, -0.2) is 0 Å². The molecule has 2 heteroatoms. The summed E-state index contributed by atoms with van der Waals surface area (Å²) in [4.78, 5) is 0. The fourth-order valence-corrected chi connectivity index (χ4v) is 6.71. The third-order valence-corrected chi connectivity index (χ3v) is 9.30. The van der Waals surface area contributed by atoms with Gasteiger partial charge in [-0.2, -0.15) is 0 Å². The molecule has 2 atom stereocenters. The first-order valence-corrected chi connectivity index (χ1v) is 17.3. The van der Waals surface area contributed by atoms with Crippen LogP contribution in [0.5, 0.6) is 0 Å². The molecule has 44 heavy (non-hydrogen) atoms. The van der Waals surface area contributed by atoms with E-state index < -0.39 is 0 Å². The highest BCUT2D eigenvalue weighted by Gasteiger charge is 2.16. The minimum atomic E-state index is 0.432. The first kappa shape index (κ1) is 33.4. The van der Waals surface area contributed by atoms with Crippen molar-refractivity contribution in [2.75, 3.05) is 11.5 Å². The predicted molar refractivity (Wildman–Crippen MR) is 192 cm³/mol. The molecule has 4 N–H and O–H groups in total. The lowest BCUT2D eigenvalue weighted by atomic mass is 9.85. The Balaban J connectivity index is 1.38. The van der Waals surface area contributed by atoms with Crippen LogP contribution in [0.4, 0.5) is 11.4 Å². The van der Waals surface area contributed by atoms with Gasteiger partial charge < -0.3 is 11.5 Å². The van der Waals surface area contributed by atoms with Gasteiger partial charge in [0.25, 0.3) is 0 Å². The van der Waals surface area contributed by atoms with Gasteiger partial charge in [0.05, 0.1) is 0 Å². The SMILES string of the molecule is CCCCCCC(c1ccc(N)cc1)c1ccc(CC(C)Cc2ccc(C(CCCCCC)c3ccc(N)cc3)cc2)cc1. The molecule has 0 aliphatic carbocycles. The van der Waals surface area contributed by atoms with E-state index in [2.05, 4.69) is 93.6 Å². The lowest BCUT2D eigenvalue weighted by molar-refractivity contribution is 0.575. The summed E-state index contributed by atoms with van der Waals surface area (Å²) in [5.74, 6) is 1.44. The number of anilines is 2. The fraction of sp³-hybridized carbons (Fsp3) is 0.429. The molecule has 0 radical (unpaired) electrons. The van der Waals surface area contributed by atoms with Crippen molar-refractivity contribution in [2.45, 2.75) is 110 Å². The molecule has 0 aliphatic rings. The number of nitrogens with two attached hydrogens (primary N) is 2. The maximum atomic E-state index is 6.00. The smallest absolute Gasteiger partial charge is 0.0314 e. The molecule has 0 heterocycles. The topological polar surface area (TPSA) is 52.0 Å². The van der Waals surface area contributed by atoms with Crippen molar-refractivity contribution in [1.29, 1.82) is 0 Å². The summed E-state index contributed by atoms with van der Waals surface area (Å²) in [6, 6.07) is 36.0. The number of unbranched alkanes of at least 4 members (excludes halogenated alkanes) is 6. The van der Waals surface area contributed by atoms with Gasteiger partial charge in [0.2, 0.25) is 0 Å². The summed E-state index contributed by atoms with van der Waals surface area (Å²) in [6.07, 6.45) is 14.9. The van der Waals surface area contributed by atoms with E-state index in [0.29, 0.717) is 17.8 Å². The Morgan fingerprint density at radius 3 is 1.07 bits per heavy atom. The lowest BCUT2D eigenvalue weighted by Crippen LogP contribution is -2.06. The molecule has 4 aromatic rings. The average Bonchev–Trinajstić information content (AvgIpc) is 3.03. The van der Waals surface area contributed by atoms with E-state index in [9.17, 15) is 0 Å². The molecule has 0 aliphatic heterocycles. The predicted octanol–water partition coefficient (Wildman–Crippen LogP) is 11.5. The van der Waals surface area contributed by atoms with E-state index in [4.69, 9.17) is 11.5 Å². The quantitative estimate of drug-likeness (QED) is 0.0897. The maximum absolute atomic E-state index is 6.00. The minimum Gasteiger partial charge on any atom is -0.399 e. The summed E-state index contributed by atoms with van der Waals surface area (Å²) in [6.45, 7) is 6.94. The van der Waals surface area contributed by atoms with E-state index in [-0.39, 0.29) is 0 Å². The zero-order valence-corrected chi connectivity index (χ0v) is 27.6. The van der Waals surface area contributed by atoms with Crippen molar-refractivity contribution in [1.82, 2.24) is 0 Å². The summed E-state index contributed by atoms with van der Waals surface area (Å²) in [5, 5.41) is 0. The third-order valence-electron chi connectivity index (χ3n) is 9.30. The molecule has 234 valence electrons. The first-order valence-electron chi connectivity index (χ1n) is 17.3. The Bertz CT molecular complexity index is 1230. The molecular formula is C42H56N2. The van der Waals surface area contributed by atoms with E-state index >= 15 is 0 Å². The highest BCUT2D eigenvalue weighted by Crippen LogP contribution is 2.33. The summed E-state index contributed by atoms with van der Waals surface area (Å²) in [5.41, 5.74) is 22.1. The second-order valence-corrected chi connectivity index (χ2v) is 13.1. The monoisotopic (exact) mass is 588 g/mol. The van der Waals surface area contributed by atoms with Crippen LogP contribution in [0.3, 0.4) is 0 Å². The van der Waals surface area contributed by atoms with Crippen molar-refractivity contribution in [3.05, 3.63) is 130 Å². The largest absolute Gasteiger partial charge is 0.399 e. The van der Waals surface area contributed by atoms with Crippen LogP contribution in [-0.4, -0.2) is 0 Å². The summed E-state index contributed by atoms with van der Waals surface area (Å²) < 4.78 is 0. The summed E-state index contributed by atoms with van der Waals surface area (Å²) >= 11 is 0. The standard InChI is InChI=1S/C42H56N2/c1-4-6-8-10-12-41(37-22-26-39(43)27-23-37)35-18-14-33(15-19-35)30-32(3)31-34-16-20-36(21-17-34)42(13-11-9-7-5-2)38-24-28-40(44)29-25-38/h14-29,32,41-42H,4-13,30-31,43-44H2,1-3H3. The maximum Gasteiger partial charge on any atom is 0.0314 e. The lowest BCUT2D eigenvalue weighted by Gasteiger charge is -2.20. The normalized spacial score (nSPS) is 13.4.